The largest absolute Gasteiger partial charge is 0.872 e. The van der Waals surface area contributed by atoms with Crippen molar-refractivity contribution in [1.82, 2.24) is 0 Å². The van der Waals surface area contributed by atoms with E-state index in [0.717, 1.165) is 21.2 Å². The monoisotopic (exact) mass is 370 g/mol. The van der Waals surface area contributed by atoms with Gasteiger partial charge in [-0.25, -0.2) is 0 Å². The summed E-state index contributed by atoms with van der Waals surface area (Å²) < 4.78 is 0. The molecule has 0 aromatic heterocycles. The van der Waals surface area contributed by atoms with Crippen molar-refractivity contribution in [3.63, 3.8) is 0 Å². The highest BCUT2D eigenvalue weighted by molar-refractivity contribution is 8.01. The molecule has 0 bridgehead atoms. The topological polar surface area (TPSA) is 43.3 Å². The lowest BCUT2D eigenvalue weighted by atomic mass is 10.3. The van der Waals surface area contributed by atoms with E-state index in [4.69, 9.17) is 0 Å². The molecule has 3 heteroatoms. The second kappa shape index (κ2) is 7.26. The van der Waals surface area contributed by atoms with Gasteiger partial charge in [-0.05, 0) is 48.5 Å². The van der Waals surface area contributed by atoms with Crippen LogP contribution in [0.15, 0.2) is 109 Å². The Balaban J connectivity index is 2.16. The minimum absolute atomic E-state index is 0.00432. The van der Waals surface area contributed by atoms with Crippen LogP contribution in [0.1, 0.15) is 0 Å². The highest BCUT2D eigenvalue weighted by Crippen LogP contribution is 2.54. The summed E-state index contributed by atoms with van der Waals surface area (Å²) in [6.07, 6.45) is 0. The van der Waals surface area contributed by atoms with Gasteiger partial charge in [0.1, 0.15) is 34.2 Å². The van der Waals surface area contributed by atoms with E-state index in [-0.39, 0.29) is 11.5 Å². The minimum atomic E-state index is -2.32. The summed E-state index contributed by atoms with van der Waals surface area (Å²) in [5.74, 6) is -0.179. The number of aromatic hydroxyl groups is 1. The third-order valence-electron chi connectivity index (χ3n) is 4.69. The van der Waals surface area contributed by atoms with Crippen LogP contribution in [0.5, 0.6) is 11.5 Å². The van der Waals surface area contributed by atoms with Crippen LogP contribution in [0, 0.1) is 0 Å². The van der Waals surface area contributed by atoms with E-state index in [2.05, 4.69) is 36.4 Å². The Kier molecular flexibility index (Phi) is 4.66. The van der Waals surface area contributed by atoms with E-state index >= 15 is 0 Å². The molecule has 132 valence electrons. The van der Waals surface area contributed by atoms with Crippen molar-refractivity contribution in [2.75, 3.05) is 0 Å². The van der Waals surface area contributed by atoms with Crippen LogP contribution in [0.3, 0.4) is 0 Å². The molecule has 4 aromatic carbocycles. The first-order chi connectivity index (χ1) is 13.2. The molecule has 2 nitrogen and oxygen atoms in total. The van der Waals surface area contributed by atoms with E-state index < -0.39 is 7.26 Å². The van der Waals surface area contributed by atoms with Crippen LogP contribution in [0.4, 0.5) is 0 Å². The van der Waals surface area contributed by atoms with Crippen LogP contribution >= 0.6 is 7.26 Å². The predicted octanol–water partition coefficient (Wildman–Crippen LogP) is 3.09. The summed E-state index contributed by atoms with van der Waals surface area (Å²) in [7, 11) is -2.32. The summed E-state index contributed by atoms with van der Waals surface area (Å²) >= 11 is 0. The summed E-state index contributed by atoms with van der Waals surface area (Å²) in [6.45, 7) is 0. The van der Waals surface area contributed by atoms with Gasteiger partial charge < -0.3 is 10.2 Å². The Morgan fingerprint density at radius 2 is 0.926 bits per heavy atom. The van der Waals surface area contributed by atoms with Gasteiger partial charge in [-0.15, -0.1) is 5.75 Å². The maximum Gasteiger partial charge on any atom is 0.144 e. The number of benzene rings is 4. The van der Waals surface area contributed by atoms with Crippen molar-refractivity contribution in [2.45, 2.75) is 0 Å². The molecule has 0 spiro atoms. The number of rotatable bonds is 4. The first-order valence-electron chi connectivity index (χ1n) is 8.79. The minimum Gasteiger partial charge on any atom is -0.872 e. The second-order valence-corrected chi connectivity index (χ2v) is 9.77. The summed E-state index contributed by atoms with van der Waals surface area (Å²) in [4.78, 5) is 0. The Morgan fingerprint density at radius 1 is 0.519 bits per heavy atom. The van der Waals surface area contributed by atoms with E-state index in [1.165, 1.54) is 6.07 Å². The molecule has 0 saturated heterocycles. The summed E-state index contributed by atoms with van der Waals surface area (Å²) in [5, 5.41) is 26.8. The summed E-state index contributed by atoms with van der Waals surface area (Å²) in [6, 6.07) is 35.5. The lowest BCUT2D eigenvalue weighted by Crippen LogP contribution is -2.38. The zero-order valence-electron chi connectivity index (χ0n) is 14.7. The van der Waals surface area contributed by atoms with Gasteiger partial charge in [0.05, 0.1) is 0 Å². The molecule has 0 aliphatic rings. The zero-order chi connectivity index (χ0) is 18.7. The Labute approximate surface area is 159 Å². The molecular weight excluding hydrogens is 351 g/mol. The third kappa shape index (κ3) is 3.09. The van der Waals surface area contributed by atoms with Gasteiger partial charge >= 0.3 is 0 Å². The van der Waals surface area contributed by atoms with Crippen molar-refractivity contribution in [3.8, 4) is 11.5 Å². The van der Waals surface area contributed by atoms with Crippen LogP contribution in [-0.4, -0.2) is 5.11 Å². The molecule has 0 aliphatic heterocycles. The van der Waals surface area contributed by atoms with Crippen LogP contribution < -0.4 is 26.3 Å². The maximum absolute atomic E-state index is 12.3. The first-order valence-corrected chi connectivity index (χ1v) is 10.6. The van der Waals surface area contributed by atoms with E-state index in [1.807, 2.05) is 54.6 Å². The van der Waals surface area contributed by atoms with Crippen molar-refractivity contribution >= 4 is 28.5 Å². The molecule has 0 atom stereocenters. The van der Waals surface area contributed by atoms with E-state index in [9.17, 15) is 10.2 Å². The summed E-state index contributed by atoms with van der Waals surface area (Å²) in [5.41, 5.74) is 0. The molecular formula is C24H19O2P. The van der Waals surface area contributed by atoms with Gasteiger partial charge in [0.2, 0.25) is 0 Å². The van der Waals surface area contributed by atoms with E-state index in [1.54, 1.807) is 12.1 Å². The van der Waals surface area contributed by atoms with Gasteiger partial charge in [-0.2, -0.15) is 0 Å². The molecule has 27 heavy (non-hydrogen) atoms. The standard InChI is InChI=1S/C24H19O2P/c25-19-16-20(26)18-24(17-19)27(21-10-4-1-5-11-21,22-12-6-2-7-13-22)23-14-8-3-9-15-23/h1-18H,(H-,25,26). The molecule has 0 saturated carbocycles. The lowest BCUT2D eigenvalue weighted by molar-refractivity contribution is -0.268. The SMILES string of the molecule is [O-]c1cc(O)cc([P+](c2ccccc2)(c2ccccc2)c2ccccc2)c1. The van der Waals surface area contributed by atoms with Crippen molar-refractivity contribution in [2.24, 2.45) is 0 Å². The number of phenols is 1. The molecule has 4 aromatic rings. The van der Waals surface area contributed by atoms with Crippen LogP contribution in [-0.2, 0) is 0 Å². The van der Waals surface area contributed by atoms with Gasteiger partial charge in [0.15, 0.2) is 0 Å². The second-order valence-electron chi connectivity index (χ2n) is 6.36. The number of phenolic OH excluding ortho intramolecular Hbond substituents is 1. The Bertz CT molecular complexity index is 915. The van der Waals surface area contributed by atoms with Gasteiger partial charge in [-0.3, -0.25) is 0 Å². The average Bonchev–Trinajstić information content (AvgIpc) is 2.70. The van der Waals surface area contributed by atoms with Crippen LogP contribution in [0.25, 0.3) is 0 Å². The molecule has 0 unspecified atom stereocenters. The molecule has 0 radical (unpaired) electrons. The smallest absolute Gasteiger partial charge is 0.144 e. The van der Waals surface area contributed by atoms with Gasteiger partial charge in [0.25, 0.3) is 0 Å². The number of hydrogen-bond donors (Lipinski definition) is 1. The predicted molar refractivity (Wildman–Crippen MR) is 112 cm³/mol. The van der Waals surface area contributed by atoms with Gasteiger partial charge in [0, 0.05) is 6.07 Å². The van der Waals surface area contributed by atoms with Crippen molar-refractivity contribution in [1.29, 1.82) is 0 Å². The molecule has 0 aliphatic carbocycles. The molecule has 0 fully saturated rings. The Hall–Kier alpha value is -3.09. The molecule has 0 heterocycles. The first kappa shape index (κ1) is 17.3. The number of hydrogen-bond acceptors (Lipinski definition) is 2. The van der Waals surface area contributed by atoms with Crippen molar-refractivity contribution in [3.05, 3.63) is 109 Å². The van der Waals surface area contributed by atoms with Gasteiger partial charge in [-0.1, -0.05) is 54.6 Å². The van der Waals surface area contributed by atoms with Crippen LogP contribution in [0.2, 0.25) is 0 Å². The van der Waals surface area contributed by atoms with E-state index in [0.29, 0.717) is 0 Å². The molecule has 0 amide bonds. The highest BCUT2D eigenvalue weighted by Gasteiger charge is 2.47. The molecule has 4 rings (SSSR count). The fourth-order valence-electron chi connectivity index (χ4n) is 3.61. The normalized spacial score (nSPS) is 11.3. The highest BCUT2D eigenvalue weighted by atomic mass is 31.2. The van der Waals surface area contributed by atoms with Crippen molar-refractivity contribution < 1.29 is 10.2 Å². The zero-order valence-corrected chi connectivity index (χ0v) is 15.6. The Morgan fingerprint density at radius 3 is 1.30 bits per heavy atom. The molecule has 1 N–H and O–H groups in total. The maximum atomic E-state index is 12.3. The third-order valence-corrected chi connectivity index (χ3v) is 8.94. The quantitative estimate of drug-likeness (QED) is 0.561. The fraction of sp³-hybridized carbons (Fsp3) is 0. The fourth-order valence-corrected chi connectivity index (χ4v) is 7.90. The average molecular weight is 370 g/mol. The lowest BCUT2D eigenvalue weighted by Gasteiger charge is -2.28.